The smallest absolute Gasteiger partial charge is 0.277 e. The Bertz CT molecular complexity index is 1100. The maximum atomic E-state index is 13.3. The molecule has 0 saturated carbocycles. The van der Waals surface area contributed by atoms with Crippen LogP contribution in [0.4, 0.5) is 0 Å². The molecular formula is C20H29N5O4S. The van der Waals surface area contributed by atoms with Gasteiger partial charge in [-0.25, -0.2) is 17.9 Å². The molecule has 0 aliphatic carbocycles. The summed E-state index contributed by atoms with van der Waals surface area (Å²) in [4.78, 5) is 20.4. The first-order valence-electron chi connectivity index (χ1n) is 10.9. The molecular weight excluding hydrogens is 406 g/mol. The first kappa shape index (κ1) is 20.2. The molecule has 164 valence electrons. The van der Waals surface area contributed by atoms with E-state index < -0.39 is 10.0 Å². The van der Waals surface area contributed by atoms with Crippen molar-refractivity contribution in [3.05, 3.63) is 33.4 Å². The number of rotatable bonds is 4. The Morgan fingerprint density at radius 1 is 1.23 bits per heavy atom. The maximum absolute atomic E-state index is 13.3. The van der Waals surface area contributed by atoms with Crippen LogP contribution >= 0.6 is 0 Å². The number of H-pyrrole nitrogens is 1. The van der Waals surface area contributed by atoms with Gasteiger partial charge in [-0.1, -0.05) is 0 Å². The molecule has 10 heteroatoms. The molecule has 0 unspecified atom stereocenters. The van der Waals surface area contributed by atoms with E-state index in [1.807, 2.05) is 6.07 Å². The molecule has 1 atom stereocenters. The van der Waals surface area contributed by atoms with Gasteiger partial charge in [0, 0.05) is 51.4 Å². The molecule has 5 heterocycles. The summed E-state index contributed by atoms with van der Waals surface area (Å²) in [5.41, 5.74) is 2.88. The Morgan fingerprint density at radius 3 is 2.80 bits per heavy atom. The predicted octanol–water partition coefficient (Wildman–Crippen LogP) is 1.05. The van der Waals surface area contributed by atoms with E-state index in [0.29, 0.717) is 24.8 Å². The number of nitrogens with one attached hydrogen (secondary N) is 1. The van der Waals surface area contributed by atoms with Crippen LogP contribution in [0, 0.1) is 0 Å². The summed E-state index contributed by atoms with van der Waals surface area (Å²) in [6, 6.07) is 2.05. The highest BCUT2D eigenvalue weighted by Crippen LogP contribution is 2.34. The van der Waals surface area contributed by atoms with Crippen LogP contribution in [-0.2, 0) is 27.7 Å². The highest BCUT2D eigenvalue weighted by atomic mass is 32.2. The molecule has 1 N–H and O–H groups in total. The van der Waals surface area contributed by atoms with E-state index in [1.165, 1.54) is 4.52 Å². The van der Waals surface area contributed by atoms with Crippen LogP contribution < -0.4 is 5.56 Å². The number of ether oxygens (including phenoxy) is 1. The minimum Gasteiger partial charge on any atom is -0.381 e. The van der Waals surface area contributed by atoms with Crippen LogP contribution in [0.2, 0.25) is 0 Å². The van der Waals surface area contributed by atoms with Gasteiger partial charge in [0.05, 0.1) is 28.7 Å². The van der Waals surface area contributed by atoms with E-state index >= 15 is 0 Å². The Kier molecular flexibility index (Phi) is 5.20. The van der Waals surface area contributed by atoms with E-state index in [1.54, 1.807) is 11.2 Å². The van der Waals surface area contributed by atoms with Gasteiger partial charge in [-0.3, -0.25) is 14.8 Å². The molecule has 0 spiro atoms. The van der Waals surface area contributed by atoms with Crippen LogP contribution in [0.5, 0.6) is 0 Å². The van der Waals surface area contributed by atoms with Crippen molar-refractivity contribution in [3.63, 3.8) is 0 Å². The van der Waals surface area contributed by atoms with Gasteiger partial charge in [0.25, 0.3) is 5.56 Å². The number of nitrogens with zero attached hydrogens (tertiary/aromatic N) is 4. The summed E-state index contributed by atoms with van der Waals surface area (Å²) in [7, 11) is -3.29. The van der Waals surface area contributed by atoms with Crippen molar-refractivity contribution < 1.29 is 13.2 Å². The van der Waals surface area contributed by atoms with E-state index in [9.17, 15) is 13.2 Å². The molecule has 0 amide bonds. The molecule has 2 aromatic rings. The lowest BCUT2D eigenvalue weighted by Gasteiger charge is -2.36. The Labute approximate surface area is 176 Å². The first-order chi connectivity index (χ1) is 14.5. The van der Waals surface area contributed by atoms with Crippen molar-refractivity contribution in [2.75, 3.05) is 32.1 Å². The summed E-state index contributed by atoms with van der Waals surface area (Å²) in [6.45, 7) is 5.27. The lowest BCUT2D eigenvalue weighted by atomic mass is 10.0. The summed E-state index contributed by atoms with van der Waals surface area (Å²) >= 11 is 0. The van der Waals surface area contributed by atoms with Gasteiger partial charge in [-0.05, 0) is 32.6 Å². The number of hydrogen-bond acceptors (Lipinski definition) is 6. The van der Waals surface area contributed by atoms with E-state index in [2.05, 4.69) is 10.00 Å². The standard InChI is InChI=1S/C20H29N5O4S/c1-2-30(27,28)24-8-3-4-18(24)17-12-19-21-16-5-9-23(14-6-10-29-11-7-14)13-15(16)20(26)25(19)22-17/h12,14,18,22H,2-11,13H2,1H3/t18-/m1/s1. The van der Waals surface area contributed by atoms with Crippen LogP contribution in [0.25, 0.3) is 5.65 Å². The molecule has 0 aromatic carbocycles. The van der Waals surface area contributed by atoms with Gasteiger partial charge in [0.2, 0.25) is 10.0 Å². The number of aromatic nitrogens is 3. The minimum absolute atomic E-state index is 0.0686. The molecule has 2 saturated heterocycles. The third kappa shape index (κ3) is 3.39. The largest absolute Gasteiger partial charge is 0.381 e. The van der Waals surface area contributed by atoms with Crippen molar-refractivity contribution in [2.24, 2.45) is 0 Å². The van der Waals surface area contributed by atoms with Crippen LogP contribution in [0.3, 0.4) is 0 Å². The van der Waals surface area contributed by atoms with E-state index in [-0.39, 0.29) is 17.4 Å². The maximum Gasteiger partial charge on any atom is 0.277 e. The van der Waals surface area contributed by atoms with Gasteiger partial charge in [0.1, 0.15) is 0 Å². The molecule has 0 bridgehead atoms. The van der Waals surface area contributed by atoms with E-state index in [4.69, 9.17) is 9.72 Å². The zero-order valence-corrected chi connectivity index (χ0v) is 18.2. The summed E-state index contributed by atoms with van der Waals surface area (Å²) in [5.74, 6) is 0.0816. The normalized spacial score (nSPS) is 24.5. The quantitative estimate of drug-likeness (QED) is 0.771. The Balaban J connectivity index is 1.48. The van der Waals surface area contributed by atoms with Crippen molar-refractivity contribution in [3.8, 4) is 0 Å². The SMILES string of the molecule is CCS(=O)(=O)N1CCC[C@@H]1c1cc2nc3c(c(=O)n2[nH]1)CN(C1CCOCC1)CC3. The summed E-state index contributed by atoms with van der Waals surface area (Å²) < 4.78 is 33.5. The first-order valence-corrected chi connectivity index (χ1v) is 12.5. The highest BCUT2D eigenvalue weighted by Gasteiger charge is 2.36. The number of aromatic amines is 1. The fourth-order valence-electron chi connectivity index (χ4n) is 5.10. The van der Waals surface area contributed by atoms with Crippen molar-refractivity contribution in [1.82, 2.24) is 23.8 Å². The summed E-state index contributed by atoms with van der Waals surface area (Å²) in [6.07, 6.45) is 4.33. The molecule has 3 aliphatic heterocycles. The molecule has 30 heavy (non-hydrogen) atoms. The van der Waals surface area contributed by atoms with Crippen LogP contribution in [-0.4, -0.2) is 70.3 Å². The molecule has 2 fully saturated rings. The zero-order valence-electron chi connectivity index (χ0n) is 17.3. The molecule has 9 nitrogen and oxygen atoms in total. The Morgan fingerprint density at radius 2 is 2.03 bits per heavy atom. The van der Waals surface area contributed by atoms with Crippen LogP contribution in [0.1, 0.15) is 55.6 Å². The highest BCUT2D eigenvalue weighted by molar-refractivity contribution is 7.89. The third-order valence-corrected chi connectivity index (χ3v) is 8.68. The zero-order chi connectivity index (χ0) is 20.9. The van der Waals surface area contributed by atoms with Gasteiger partial charge >= 0.3 is 0 Å². The van der Waals surface area contributed by atoms with Gasteiger partial charge in [-0.15, -0.1) is 0 Å². The lowest BCUT2D eigenvalue weighted by Crippen LogP contribution is -2.44. The Hall–Kier alpha value is -1.75. The van der Waals surface area contributed by atoms with Gasteiger partial charge < -0.3 is 4.74 Å². The average Bonchev–Trinajstić information content (AvgIpc) is 3.42. The number of sulfonamides is 1. The number of fused-ring (bicyclic) bond motifs is 2. The monoisotopic (exact) mass is 435 g/mol. The van der Waals surface area contributed by atoms with Gasteiger partial charge in [0.15, 0.2) is 5.65 Å². The van der Waals surface area contributed by atoms with Crippen molar-refractivity contribution in [1.29, 1.82) is 0 Å². The summed E-state index contributed by atoms with van der Waals surface area (Å²) in [5, 5.41) is 3.17. The minimum atomic E-state index is -3.29. The van der Waals surface area contributed by atoms with Crippen LogP contribution in [0.15, 0.2) is 10.9 Å². The topological polar surface area (TPSA) is 100 Å². The van der Waals surface area contributed by atoms with Gasteiger partial charge in [-0.2, -0.15) is 4.31 Å². The second-order valence-corrected chi connectivity index (χ2v) is 10.7. The molecule has 5 rings (SSSR count). The molecule has 2 aromatic heterocycles. The molecule has 3 aliphatic rings. The average molecular weight is 436 g/mol. The molecule has 0 radical (unpaired) electrons. The van der Waals surface area contributed by atoms with Crippen molar-refractivity contribution >= 4 is 15.7 Å². The van der Waals surface area contributed by atoms with Crippen molar-refractivity contribution in [2.45, 2.75) is 57.7 Å². The third-order valence-electron chi connectivity index (χ3n) is 6.80. The van der Waals surface area contributed by atoms with E-state index in [0.717, 1.165) is 68.8 Å². The lowest BCUT2D eigenvalue weighted by molar-refractivity contribution is 0.0286. The second-order valence-electron chi connectivity index (χ2n) is 8.48. The predicted molar refractivity (Wildman–Crippen MR) is 112 cm³/mol. The fraction of sp³-hybridized carbons (Fsp3) is 0.700. The fourth-order valence-corrected chi connectivity index (χ4v) is 6.45. The second kappa shape index (κ2) is 7.74. The number of hydrogen-bond donors (Lipinski definition) is 1.